The predicted octanol–water partition coefficient (Wildman–Crippen LogP) is 2.39. The van der Waals surface area contributed by atoms with Crippen LogP contribution >= 0.6 is 0 Å². The average Bonchev–Trinajstić information content (AvgIpc) is 3.38. The standard InChI is InChI=1S/C17H24O5/c18-16(21-11-13-10-20-13)14-8-4-5-9-15(14)17(19)22-12-6-2-1-3-7-12/h4-5,12-15H,1-3,6-11H2. The molecule has 1 saturated carbocycles. The van der Waals surface area contributed by atoms with Gasteiger partial charge in [0.25, 0.3) is 0 Å². The summed E-state index contributed by atoms with van der Waals surface area (Å²) in [4.78, 5) is 24.7. The van der Waals surface area contributed by atoms with E-state index in [4.69, 9.17) is 14.2 Å². The fourth-order valence-corrected chi connectivity index (χ4v) is 3.22. The summed E-state index contributed by atoms with van der Waals surface area (Å²) in [5.41, 5.74) is 0. The second kappa shape index (κ2) is 7.27. The Kier molecular flexibility index (Phi) is 5.13. The molecule has 3 unspecified atom stereocenters. The molecule has 0 radical (unpaired) electrons. The molecular weight excluding hydrogens is 284 g/mol. The number of allylic oxidation sites excluding steroid dienone is 2. The highest BCUT2D eigenvalue weighted by atomic mass is 16.6. The molecule has 1 saturated heterocycles. The molecule has 0 spiro atoms. The van der Waals surface area contributed by atoms with Crippen molar-refractivity contribution in [1.29, 1.82) is 0 Å². The van der Waals surface area contributed by atoms with Crippen molar-refractivity contribution >= 4 is 11.9 Å². The molecule has 3 aliphatic rings. The van der Waals surface area contributed by atoms with Gasteiger partial charge < -0.3 is 14.2 Å². The Morgan fingerprint density at radius 1 is 1.00 bits per heavy atom. The first kappa shape index (κ1) is 15.5. The number of carbonyl (C=O) groups is 2. The summed E-state index contributed by atoms with van der Waals surface area (Å²) in [5, 5.41) is 0. The van der Waals surface area contributed by atoms with Crippen LogP contribution in [0.5, 0.6) is 0 Å². The lowest BCUT2D eigenvalue weighted by molar-refractivity contribution is -0.165. The van der Waals surface area contributed by atoms with E-state index in [1.54, 1.807) is 0 Å². The highest BCUT2D eigenvalue weighted by molar-refractivity contribution is 5.82. The lowest BCUT2D eigenvalue weighted by Crippen LogP contribution is -2.36. The fraction of sp³-hybridized carbons (Fsp3) is 0.765. The zero-order valence-corrected chi connectivity index (χ0v) is 12.9. The molecule has 122 valence electrons. The van der Waals surface area contributed by atoms with Crippen LogP contribution in [0.25, 0.3) is 0 Å². The van der Waals surface area contributed by atoms with Gasteiger partial charge in [0.15, 0.2) is 0 Å². The Labute approximate surface area is 131 Å². The van der Waals surface area contributed by atoms with Crippen LogP contribution in [0.3, 0.4) is 0 Å². The molecular formula is C17H24O5. The molecule has 5 heteroatoms. The van der Waals surface area contributed by atoms with Crippen LogP contribution in [0.1, 0.15) is 44.9 Å². The van der Waals surface area contributed by atoms with Gasteiger partial charge in [-0.15, -0.1) is 0 Å². The maximum absolute atomic E-state index is 12.4. The number of carbonyl (C=O) groups excluding carboxylic acids is 2. The maximum Gasteiger partial charge on any atom is 0.310 e. The summed E-state index contributed by atoms with van der Waals surface area (Å²) >= 11 is 0. The minimum atomic E-state index is -0.417. The maximum atomic E-state index is 12.4. The van der Waals surface area contributed by atoms with Crippen LogP contribution in [0.15, 0.2) is 12.2 Å². The fourth-order valence-electron chi connectivity index (χ4n) is 3.22. The van der Waals surface area contributed by atoms with E-state index in [2.05, 4.69) is 0 Å². The summed E-state index contributed by atoms with van der Waals surface area (Å²) in [7, 11) is 0. The van der Waals surface area contributed by atoms with Crippen molar-refractivity contribution < 1.29 is 23.8 Å². The van der Waals surface area contributed by atoms with Gasteiger partial charge in [-0.1, -0.05) is 18.6 Å². The van der Waals surface area contributed by atoms with Crippen LogP contribution in [-0.2, 0) is 23.8 Å². The third-order valence-electron chi connectivity index (χ3n) is 4.69. The Balaban J connectivity index is 1.54. The van der Waals surface area contributed by atoms with Crippen molar-refractivity contribution in [1.82, 2.24) is 0 Å². The molecule has 0 aromatic carbocycles. The van der Waals surface area contributed by atoms with Crippen LogP contribution in [0.2, 0.25) is 0 Å². The van der Waals surface area contributed by atoms with E-state index in [1.807, 2.05) is 12.2 Å². The number of hydrogen-bond donors (Lipinski definition) is 0. The van der Waals surface area contributed by atoms with Crippen molar-refractivity contribution in [2.75, 3.05) is 13.2 Å². The van der Waals surface area contributed by atoms with Gasteiger partial charge in [-0.25, -0.2) is 0 Å². The van der Waals surface area contributed by atoms with Gasteiger partial charge in [0.1, 0.15) is 18.8 Å². The van der Waals surface area contributed by atoms with E-state index >= 15 is 0 Å². The average molecular weight is 308 g/mol. The summed E-state index contributed by atoms with van der Waals surface area (Å²) in [6.45, 7) is 0.953. The minimum absolute atomic E-state index is 0.0312. The molecule has 0 aromatic heterocycles. The highest BCUT2D eigenvalue weighted by Crippen LogP contribution is 2.30. The van der Waals surface area contributed by atoms with E-state index in [1.165, 1.54) is 6.42 Å². The van der Waals surface area contributed by atoms with Crippen LogP contribution in [0.4, 0.5) is 0 Å². The minimum Gasteiger partial charge on any atom is -0.463 e. The summed E-state index contributed by atoms with van der Waals surface area (Å²) < 4.78 is 16.0. The van der Waals surface area contributed by atoms with Crippen molar-refractivity contribution in [2.45, 2.75) is 57.2 Å². The first-order valence-corrected chi connectivity index (χ1v) is 8.38. The summed E-state index contributed by atoms with van der Waals surface area (Å²) in [6, 6.07) is 0. The number of esters is 2. The first-order chi connectivity index (χ1) is 10.7. The molecule has 3 atom stereocenters. The lowest BCUT2D eigenvalue weighted by Gasteiger charge is -2.28. The van der Waals surface area contributed by atoms with E-state index in [9.17, 15) is 9.59 Å². The molecule has 1 aliphatic heterocycles. The Morgan fingerprint density at radius 3 is 2.27 bits per heavy atom. The van der Waals surface area contributed by atoms with Gasteiger partial charge in [0, 0.05) is 0 Å². The monoisotopic (exact) mass is 308 g/mol. The van der Waals surface area contributed by atoms with Gasteiger partial charge in [0.2, 0.25) is 0 Å². The largest absolute Gasteiger partial charge is 0.463 e. The number of rotatable bonds is 5. The molecule has 3 rings (SSSR count). The second-order valence-corrected chi connectivity index (χ2v) is 6.44. The lowest BCUT2D eigenvalue weighted by atomic mass is 9.83. The number of epoxide rings is 1. The molecule has 0 N–H and O–H groups in total. The van der Waals surface area contributed by atoms with Crippen LogP contribution < -0.4 is 0 Å². The van der Waals surface area contributed by atoms with E-state index in [0.29, 0.717) is 26.1 Å². The molecule has 2 aliphatic carbocycles. The van der Waals surface area contributed by atoms with Crippen LogP contribution in [-0.4, -0.2) is 37.4 Å². The molecule has 5 nitrogen and oxygen atoms in total. The molecule has 22 heavy (non-hydrogen) atoms. The smallest absolute Gasteiger partial charge is 0.310 e. The normalized spacial score (nSPS) is 31.5. The van der Waals surface area contributed by atoms with Gasteiger partial charge in [0.05, 0.1) is 18.4 Å². The summed E-state index contributed by atoms with van der Waals surface area (Å²) in [6.07, 6.45) is 10.5. The van der Waals surface area contributed by atoms with Crippen molar-refractivity contribution in [3.05, 3.63) is 12.2 Å². The van der Waals surface area contributed by atoms with Gasteiger partial charge in [-0.05, 0) is 38.5 Å². The zero-order valence-electron chi connectivity index (χ0n) is 12.9. The number of ether oxygens (including phenoxy) is 3. The number of hydrogen-bond acceptors (Lipinski definition) is 5. The highest BCUT2D eigenvalue weighted by Gasteiger charge is 2.38. The predicted molar refractivity (Wildman–Crippen MR) is 79.0 cm³/mol. The quantitative estimate of drug-likeness (QED) is 0.443. The van der Waals surface area contributed by atoms with E-state index in [0.717, 1.165) is 25.7 Å². The van der Waals surface area contributed by atoms with Crippen LogP contribution in [0, 0.1) is 11.8 Å². The van der Waals surface area contributed by atoms with Gasteiger partial charge in [-0.3, -0.25) is 9.59 Å². The Morgan fingerprint density at radius 2 is 1.64 bits per heavy atom. The van der Waals surface area contributed by atoms with E-state index in [-0.39, 0.29) is 24.1 Å². The van der Waals surface area contributed by atoms with Gasteiger partial charge >= 0.3 is 11.9 Å². The molecule has 0 aromatic rings. The topological polar surface area (TPSA) is 65.1 Å². The molecule has 2 fully saturated rings. The molecule has 1 heterocycles. The third-order valence-corrected chi connectivity index (χ3v) is 4.69. The zero-order chi connectivity index (χ0) is 15.4. The van der Waals surface area contributed by atoms with E-state index < -0.39 is 11.8 Å². The molecule has 0 amide bonds. The van der Waals surface area contributed by atoms with Gasteiger partial charge in [-0.2, -0.15) is 0 Å². The first-order valence-electron chi connectivity index (χ1n) is 8.38. The van der Waals surface area contributed by atoms with Crippen molar-refractivity contribution in [2.24, 2.45) is 11.8 Å². The summed E-state index contributed by atoms with van der Waals surface area (Å²) in [5.74, 6) is -1.36. The second-order valence-electron chi connectivity index (χ2n) is 6.44. The SMILES string of the molecule is O=C(OCC1CO1)C1CC=CCC1C(=O)OC1CCCCC1. The van der Waals surface area contributed by atoms with Crippen molar-refractivity contribution in [3.8, 4) is 0 Å². The third kappa shape index (κ3) is 4.09. The Hall–Kier alpha value is -1.36. The molecule has 0 bridgehead atoms. The van der Waals surface area contributed by atoms with Crippen molar-refractivity contribution in [3.63, 3.8) is 0 Å². The Bertz CT molecular complexity index is 434.